The molecule has 1 saturated carbocycles. The summed E-state index contributed by atoms with van der Waals surface area (Å²) in [6, 6.07) is 7.62. The second kappa shape index (κ2) is 5.82. The number of hydrogen-bond acceptors (Lipinski definition) is 2. The average Bonchev–Trinajstić information content (AvgIpc) is 2.37. The first-order valence-corrected chi connectivity index (χ1v) is 7.44. The number of rotatable bonds is 3. The van der Waals surface area contributed by atoms with Gasteiger partial charge in [-0.2, -0.15) is 0 Å². The molecule has 0 bridgehead atoms. The topological polar surface area (TPSA) is 23.5 Å². The van der Waals surface area contributed by atoms with Crippen LogP contribution >= 0.6 is 11.6 Å². The van der Waals surface area contributed by atoms with Gasteiger partial charge in [-0.05, 0) is 50.6 Å². The van der Waals surface area contributed by atoms with Crippen molar-refractivity contribution in [1.82, 2.24) is 4.90 Å². The van der Waals surface area contributed by atoms with Crippen LogP contribution in [0.1, 0.15) is 44.3 Å². The summed E-state index contributed by atoms with van der Waals surface area (Å²) in [5.41, 5.74) is 0.762. The smallest absolute Gasteiger partial charge is 0.0974 e. The maximum Gasteiger partial charge on any atom is 0.0974 e. The van der Waals surface area contributed by atoms with E-state index in [2.05, 4.69) is 25.9 Å². The largest absolute Gasteiger partial charge is 0.386 e. The Labute approximate surface area is 121 Å². The zero-order valence-corrected chi connectivity index (χ0v) is 12.8. The zero-order valence-electron chi connectivity index (χ0n) is 12.1. The van der Waals surface area contributed by atoms with E-state index in [0.717, 1.165) is 18.4 Å². The van der Waals surface area contributed by atoms with Crippen molar-refractivity contribution >= 4 is 11.6 Å². The van der Waals surface area contributed by atoms with Gasteiger partial charge < -0.3 is 10.0 Å². The monoisotopic (exact) mass is 281 g/mol. The fourth-order valence-corrected chi connectivity index (χ4v) is 3.65. The van der Waals surface area contributed by atoms with E-state index in [9.17, 15) is 5.11 Å². The highest BCUT2D eigenvalue weighted by molar-refractivity contribution is 6.30. The van der Waals surface area contributed by atoms with Crippen molar-refractivity contribution in [2.24, 2.45) is 5.92 Å². The molecule has 3 heteroatoms. The van der Waals surface area contributed by atoms with E-state index in [4.69, 9.17) is 11.6 Å². The van der Waals surface area contributed by atoms with Gasteiger partial charge >= 0.3 is 0 Å². The summed E-state index contributed by atoms with van der Waals surface area (Å²) in [6.45, 7) is 2.28. The molecule has 2 nitrogen and oxygen atoms in total. The third kappa shape index (κ3) is 2.96. The first-order chi connectivity index (χ1) is 8.95. The first-order valence-electron chi connectivity index (χ1n) is 7.06. The van der Waals surface area contributed by atoms with Crippen LogP contribution in [0.5, 0.6) is 0 Å². The molecule has 3 atom stereocenters. The van der Waals surface area contributed by atoms with Gasteiger partial charge in [-0.15, -0.1) is 0 Å². The molecule has 0 radical (unpaired) electrons. The van der Waals surface area contributed by atoms with Gasteiger partial charge in [0, 0.05) is 5.02 Å². The molecular weight excluding hydrogens is 258 g/mol. The van der Waals surface area contributed by atoms with Crippen molar-refractivity contribution in [2.75, 3.05) is 14.1 Å². The van der Waals surface area contributed by atoms with Crippen LogP contribution in [0.2, 0.25) is 5.02 Å². The lowest BCUT2D eigenvalue weighted by atomic mass is 9.71. The normalized spacial score (nSPS) is 29.5. The number of benzene rings is 1. The molecule has 106 valence electrons. The van der Waals surface area contributed by atoms with E-state index in [1.54, 1.807) is 0 Å². The minimum absolute atomic E-state index is 0.164. The Morgan fingerprint density at radius 3 is 2.74 bits per heavy atom. The van der Waals surface area contributed by atoms with Crippen molar-refractivity contribution in [3.63, 3.8) is 0 Å². The van der Waals surface area contributed by atoms with Crippen LogP contribution in [0.15, 0.2) is 24.3 Å². The van der Waals surface area contributed by atoms with E-state index in [0.29, 0.717) is 10.9 Å². The fraction of sp³-hybridized carbons (Fsp3) is 0.625. The van der Waals surface area contributed by atoms with Crippen molar-refractivity contribution in [3.05, 3.63) is 34.9 Å². The van der Waals surface area contributed by atoms with Crippen molar-refractivity contribution < 1.29 is 5.11 Å². The highest BCUT2D eigenvalue weighted by atomic mass is 35.5. The summed E-state index contributed by atoms with van der Waals surface area (Å²) in [5.74, 6) is 0.657. The van der Waals surface area contributed by atoms with Crippen LogP contribution in [0.4, 0.5) is 0 Å². The molecule has 1 N–H and O–H groups in total. The number of likely N-dealkylation sites (N-methyl/N-ethyl adjacent to an activating group) is 1. The summed E-state index contributed by atoms with van der Waals surface area (Å²) >= 11 is 6.06. The maximum atomic E-state index is 10.9. The number of aliphatic hydroxyl groups excluding tert-OH is 1. The maximum absolute atomic E-state index is 10.9. The number of halogens is 1. The Hall–Kier alpha value is -0.570. The summed E-state index contributed by atoms with van der Waals surface area (Å²) in [4.78, 5) is 2.20. The quantitative estimate of drug-likeness (QED) is 0.909. The molecule has 0 amide bonds. The second-order valence-electron chi connectivity index (χ2n) is 6.16. The Bertz CT molecular complexity index is 435. The van der Waals surface area contributed by atoms with Gasteiger partial charge in [-0.3, -0.25) is 0 Å². The number of nitrogens with zero attached hydrogens (tertiary/aromatic N) is 1. The van der Waals surface area contributed by atoms with Gasteiger partial charge in [0.25, 0.3) is 0 Å². The highest BCUT2D eigenvalue weighted by Crippen LogP contribution is 2.44. The van der Waals surface area contributed by atoms with E-state index in [-0.39, 0.29) is 5.54 Å². The predicted molar refractivity (Wildman–Crippen MR) is 80.5 cm³/mol. The molecule has 0 heterocycles. The molecule has 0 aromatic heterocycles. The third-order valence-electron chi connectivity index (χ3n) is 4.57. The number of hydrogen-bond donors (Lipinski definition) is 1. The third-order valence-corrected chi connectivity index (χ3v) is 4.81. The molecule has 1 aliphatic rings. The van der Waals surface area contributed by atoms with E-state index < -0.39 is 6.10 Å². The van der Waals surface area contributed by atoms with Gasteiger partial charge in [0.2, 0.25) is 0 Å². The van der Waals surface area contributed by atoms with Crippen molar-refractivity contribution in [2.45, 2.75) is 44.2 Å². The molecule has 3 unspecified atom stereocenters. The molecule has 1 aliphatic carbocycles. The summed E-state index contributed by atoms with van der Waals surface area (Å²) in [7, 11) is 4.15. The van der Waals surface area contributed by atoms with Crippen LogP contribution in [0, 0.1) is 5.92 Å². The van der Waals surface area contributed by atoms with Crippen LogP contribution in [0.25, 0.3) is 0 Å². The fourth-order valence-electron chi connectivity index (χ4n) is 3.45. The van der Waals surface area contributed by atoms with Crippen LogP contribution < -0.4 is 0 Å². The highest BCUT2D eigenvalue weighted by Gasteiger charge is 2.43. The Kier molecular flexibility index (Phi) is 4.54. The van der Waals surface area contributed by atoms with E-state index in [1.807, 2.05) is 24.3 Å². The summed E-state index contributed by atoms with van der Waals surface area (Å²) in [5, 5.41) is 11.6. The molecule has 0 saturated heterocycles. The standard InChI is InChI=1S/C16H24ClNO/c1-12-6-5-9-16(11-12,18(2)3)15(19)13-7-4-8-14(17)10-13/h4,7-8,10,12,15,19H,5-6,9,11H2,1-3H3. The SMILES string of the molecule is CC1CCCC(C(O)c2cccc(Cl)c2)(N(C)C)C1. The molecule has 0 spiro atoms. The van der Waals surface area contributed by atoms with Crippen LogP contribution in [-0.2, 0) is 0 Å². The molecule has 1 aromatic carbocycles. The molecule has 0 aliphatic heterocycles. The van der Waals surface area contributed by atoms with E-state index in [1.165, 1.54) is 12.8 Å². The summed E-state index contributed by atoms with van der Waals surface area (Å²) in [6.07, 6.45) is 4.03. The minimum Gasteiger partial charge on any atom is -0.386 e. The Balaban J connectivity index is 2.33. The molecular formula is C16H24ClNO. The van der Waals surface area contributed by atoms with Gasteiger partial charge in [-0.25, -0.2) is 0 Å². The molecule has 1 aromatic rings. The number of aliphatic hydroxyl groups is 1. The lowest BCUT2D eigenvalue weighted by Gasteiger charge is -2.48. The van der Waals surface area contributed by atoms with Gasteiger partial charge in [0.15, 0.2) is 0 Å². The van der Waals surface area contributed by atoms with Gasteiger partial charge in [0.1, 0.15) is 0 Å². The zero-order chi connectivity index (χ0) is 14.0. The average molecular weight is 282 g/mol. The first kappa shape index (κ1) is 14.8. The predicted octanol–water partition coefficient (Wildman–Crippen LogP) is 3.88. The Morgan fingerprint density at radius 1 is 1.42 bits per heavy atom. The lowest BCUT2D eigenvalue weighted by Crippen LogP contribution is -2.52. The van der Waals surface area contributed by atoms with Crippen molar-refractivity contribution in [1.29, 1.82) is 0 Å². The van der Waals surface area contributed by atoms with Crippen LogP contribution in [0.3, 0.4) is 0 Å². The van der Waals surface area contributed by atoms with E-state index >= 15 is 0 Å². The molecule has 19 heavy (non-hydrogen) atoms. The van der Waals surface area contributed by atoms with Crippen LogP contribution in [-0.4, -0.2) is 29.6 Å². The summed E-state index contributed by atoms with van der Waals surface area (Å²) < 4.78 is 0. The lowest BCUT2D eigenvalue weighted by molar-refractivity contribution is -0.0450. The second-order valence-corrected chi connectivity index (χ2v) is 6.59. The molecule has 2 rings (SSSR count). The van der Waals surface area contributed by atoms with Gasteiger partial charge in [0.05, 0.1) is 11.6 Å². The minimum atomic E-state index is -0.482. The van der Waals surface area contributed by atoms with Crippen molar-refractivity contribution in [3.8, 4) is 0 Å². The Morgan fingerprint density at radius 2 is 2.16 bits per heavy atom. The van der Waals surface area contributed by atoms with Gasteiger partial charge in [-0.1, -0.05) is 43.5 Å². The molecule has 1 fully saturated rings.